The van der Waals surface area contributed by atoms with Crippen molar-refractivity contribution in [2.45, 2.75) is 57.2 Å². The molecule has 0 spiro atoms. The lowest BCUT2D eigenvalue weighted by Crippen LogP contribution is -2.34. The molecule has 1 aromatic carbocycles. The van der Waals surface area contributed by atoms with Gasteiger partial charge in [0.25, 0.3) is 0 Å². The van der Waals surface area contributed by atoms with E-state index in [-0.39, 0.29) is 12.0 Å². The van der Waals surface area contributed by atoms with E-state index in [1.807, 2.05) is 6.92 Å². The van der Waals surface area contributed by atoms with E-state index in [0.29, 0.717) is 5.56 Å². The average molecular weight is 303 g/mol. The molecular weight excluding hydrogens is 282 g/mol. The Hall–Kier alpha value is -1.10. The Morgan fingerprint density at radius 2 is 1.86 bits per heavy atom. The van der Waals surface area contributed by atoms with Crippen LogP contribution in [0.1, 0.15) is 56.1 Å². The van der Waals surface area contributed by atoms with Gasteiger partial charge in [0.2, 0.25) is 0 Å². The van der Waals surface area contributed by atoms with Gasteiger partial charge in [-0.05, 0) is 43.0 Å². The van der Waals surface area contributed by atoms with Crippen LogP contribution < -0.4 is 5.32 Å². The van der Waals surface area contributed by atoms with E-state index in [4.69, 9.17) is 0 Å². The zero-order valence-corrected chi connectivity index (χ0v) is 12.1. The minimum absolute atomic E-state index is 0.0224. The summed E-state index contributed by atoms with van der Waals surface area (Å²) < 4.78 is 52.0. The van der Waals surface area contributed by atoms with Crippen molar-refractivity contribution in [2.24, 2.45) is 0 Å². The molecule has 1 nitrogen and oxygen atoms in total. The summed E-state index contributed by atoms with van der Waals surface area (Å²) in [5, 5.41) is 3.37. The third-order valence-corrected chi connectivity index (χ3v) is 4.21. The third kappa shape index (κ3) is 3.96. The van der Waals surface area contributed by atoms with E-state index in [0.717, 1.165) is 50.8 Å². The maximum Gasteiger partial charge on any atom is 0.419 e. The molecule has 5 heteroatoms. The molecule has 0 aliphatic heterocycles. The van der Waals surface area contributed by atoms with Gasteiger partial charge in [-0.1, -0.05) is 32.3 Å². The van der Waals surface area contributed by atoms with Crippen LogP contribution in [0.5, 0.6) is 0 Å². The number of hydrogen-bond acceptors (Lipinski definition) is 1. The molecule has 2 atom stereocenters. The fraction of sp³-hybridized carbons (Fsp3) is 0.625. The van der Waals surface area contributed by atoms with Crippen molar-refractivity contribution >= 4 is 0 Å². The van der Waals surface area contributed by atoms with Gasteiger partial charge >= 0.3 is 6.18 Å². The summed E-state index contributed by atoms with van der Waals surface area (Å²) >= 11 is 0. The Balaban J connectivity index is 2.33. The van der Waals surface area contributed by atoms with Gasteiger partial charge in [-0.25, -0.2) is 4.39 Å². The van der Waals surface area contributed by atoms with Crippen LogP contribution in [0.25, 0.3) is 0 Å². The van der Waals surface area contributed by atoms with Gasteiger partial charge in [0.05, 0.1) is 5.56 Å². The zero-order chi connectivity index (χ0) is 15.5. The molecule has 1 aliphatic carbocycles. The van der Waals surface area contributed by atoms with Crippen molar-refractivity contribution in [2.75, 3.05) is 6.54 Å². The van der Waals surface area contributed by atoms with Crippen LogP contribution in [0.3, 0.4) is 0 Å². The van der Waals surface area contributed by atoms with Crippen molar-refractivity contribution in [3.63, 3.8) is 0 Å². The summed E-state index contributed by atoms with van der Waals surface area (Å²) in [7, 11) is 0. The summed E-state index contributed by atoms with van der Waals surface area (Å²) in [6.45, 7) is 2.78. The Bertz CT molecular complexity index is 470. The van der Waals surface area contributed by atoms with E-state index < -0.39 is 17.6 Å². The molecule has 21 heavy (non-hydrogen) atoms. The predicted molar refractivity (Wildman–Crippen MR) is 74.7 cm³/mol. The monoisotopic (exact) mass is 303 g/mol. The van der Waals surface area contributed by atoms with Crippen molar-refractivity contribution in [3.05, 3.63) is 35.1 Å². The second-order valence-electron chi connectivity index (χ2n) is 5.65. The van der Waals surface area contributed by atoms with Gasteiger partial charge in [0, 0.05) is 6.04 Å². The highest BCUT2D eigenvalue weighted by Crippen LogP contribution is 2.37. The minimum Gasteiger partial charge on any atom is -0.314 e. The highest BCUT2D eigenvalue weighted by molar-refractivity contribution is 5.31. The molecule has 118 valence electrons. The van der Waals surface area contributed by atoms with Crippen LogP contribution in [-0.4, -0.2) is 12.6 Å². The van der Waals surface area contributed by atoms with Crippen molar-refractivity contribution in [1.82, 2.24) is 5.32 Å². The number of alkyl halides is 3. The van der Waals surface area contributed by atoms with Crippen molar-refractivity contribution < 1.29 is 17.6 Å². The minimum atomic E-state index is -4.64. The van der Waals surface area contributed by atoms with E-state index in [1.165, 1.54) is 6.07 Å². The average Bonchev–Trinajstić information content (AvgIpc) is 2.64. The summed E-state index contributed by atoms with van der Waals surface area (Å²) in [4.78, 5) is 0. The molecule has 0 radical (unpaired) electrons. The molecule has 1 aliphatic rings. The number of halogens is 4. The van der Waals surface area contributed by atoms with Crippen molar-refractivity contribution in [3.8, 4) is 0 Å². The molecule has 1 fully saturated rings. The Kier molecular flexibility index (Phi) is 5.25. The van der Waals surface area contributed by atoms with Crippen LogP contribution in [0.15, 0.2) is 18.2 Å². The molecular formula is C16H21F4N. The summed E-state index contributed by atoms with van der Waals surface area (Å²) in [6, 6.07) is 3.62. The largest absolute Gasteiger partial charge is 0.419 e. The van der Waals surface area contributed by atoms with Gasteiger partial charge < -0.3 is 5.32 Å². The van der Waals surface area contributed by atoms with Crippen LogP contribution >= 0.6 is 0 Å². The highest BCUT2D eigenvalue weighted by Gasteiger charge is 2.35. The maximum atomic E-state index is 13.4. The molecule has 0 aromatic heterocycles. The van der Waals surface area contributed by atoms with Crippen LogP contribution in [-0.2, 0) is 6.18 Å². The first kappa shape index (κ1) is 16.3. The number of nitrogens with one attached hydrogen (secondary N) is 1. The second-order valence-corrected chi connectivity index (χ2v) is 5.65. The summed E-state index contributed by atoms with van der Waals surface area (Å²) in [5.41, 5.74) is -0.559. The smallest absolute Gasteiger partial charge is 0.314 e. The topological polar surface area (TPSA) is 12.0 Å². The predicted octanol–water partition coefficient (Wildman–Crippen LogP) is 4.87. The van der Waals surface area contributed by atoms with Gasteiger partial charge in [-0.3, -0.25) is 0 Å². The van der Waals surface area contributed by atoms with Gasteiger partial charge in [-0.2, -0.15) is 13.2 Å². The van der Waals surface area contributed by atoms with Gasteiger partial charge in [0.15, 0.2) is 0 Å². The Morgan fingerprint density at radius 1 is 1.14 bits per heavy atom. The molecule has 0 bridgehead atoms. The van der Waals surface area contributed by atoms with Gasteiger partial charge in [0.1, 0.15) is 5.82 Å². The molecule has 2 rings (SSSR count). The fourth-order valence-electron chi connectivity index (χ4n) is 3.20. The third-order valence-electron chi connectivity index (χ3n) is 4.21. The van der Waals surface area contributed by atoms with Crippen LogP contribution in [0.2, 0.25) is 0 Å². The molecule has 0 heterocycles. The number of hydrogen-bond donors (Lipinski definition) is 1. The normalized spacial score (nSPS) is 23.9. The van der Waals surface area contributed by atoms with E-state index >= 15 is 0 Å². The van der Waals surface area contributed by atoms with E-state index in [2.05, 4.69) is 5.32 Å². The van der Waals surface area contributed by atoms with Gasteiger partial charge in [-0.15, -0.1) is 0 Å². The molecule has 0 saturated heterocycles. The lowest BCUT2D eigenvalue weighted by atomic mass is 9.86. The van der Waals surface area contributed by atoms with E-state index in [9.17, 15) is 17.6 Å². The maximum absolute atomic E-state index is 13.4. The standard InChI is InChI=1S/C16H21F4N/c1-2-21-15-7-5-3-4-6-12(15)11-8-9-14(17)13(10-11)16(18,19)20/h8-10,12,15,21H,2-7H2,1H3. The summed E-state index contributed by atoms with van der Waals surface area (Å²) in [5.74, 6) is -1.17. The zero-order valence-electron chi connectivity index (χ0n) is 12.1. The molecule has 2 unspecified atom stereocenters. The first-order valence-corrected chi connectivity index (χ1v) is 7.53. The second kappa shape index (κ2) is 6.77. The first-order valence-electron chi connectivity index (χ1n) is 7.53. The molecule has 1 N–H and O–H groups in total. The lowest BCUT2D eigenvalue weighted by Gasteiger charge is -2.27. The quantitative estimate of drug-likeness (QED) is 0.620. The number of likely N-dealkylation sites (N-methyl/N-ethyl adjacent to an activating group) is 1. The summed E-state index contributed by atoms with van der Waals surface area (Å²) in [6.07, 6.45) is 0.356. The molecule has 1 aromatic rings. The fourth-order valence-corrected chi connectivity index (χ4v) is 3.20. The van der Waals surface area contributed by atoms with E-state index in [1.54, 1.807) is 0 Å². The highest BCUT2D eigenvalue weighted by atomic mass is 19.4. The Labute approximate surface area is 122 Å². The SMILES string of the molecule is CCNC1CCCCCC1c1ccc(F)c(C(F)(F)F)c1. The van der Waals surface area contributed by atoms with Crippen LogP contribution in [0.4, 0.5) is 17.6 Å². The number of benzene rings is 1. The number of rotatable bonds is 3. The Morgan fingerprint density at radius 3 is 2.52 bits per heavy atom. The van der Waals surface area contributed by atoms with Crippen LogP contribution in [0, 0.1) is 5.82 Å². The first-order chi connectivity index (χ1) is 9.93. The lowest BCUT2D eigenvalue weighted by molar-refractivity contribution is -0.140. The van der Waals surface area contributed by atoms with Crippen molar-refractivity contribution in [1.29, 1.82) is 0 Å². The molecule has 1 saturated carbocycles. The molecule has 0 amide bonds.